The zero-order valence-electron chi connectivity index (χ0n) is 18.7. The topological polar surface area (TPSA) is 106 Å². The molecule has 33 heavy (non-hydrogen) atoms. The van der Waals surface area contributed by atoms with Crippen molar-refractivity contribution in [3.8, 4) is 22.5 Å². The Labute approximate surface area is 192 Å². The fourth-order valence-electron chi connectivity index (χ4n) is 4.05. The number of anilines is 1. The van der Waals surface area contributed by atoms with E-state index in [1.165, 1.54) is 0 Å². The summed E-state index contributed by atoms with van der Waals surface area (Å²) in [5.74, 6) is 0.591. The van der Waals surface area contributed by atoms with E-state index < -0.39 is 11.5 Å². The monoisotopic (exact) mass is 441 g/mol. The van der Waals surface area contributed by atoms with Gasteiger partial charge in [-0.05, 0) is 50.3 Å². The zero-order valence-corrected chi connectivity index (χ0v) is 18.7. The Balaban J connectivity index is 1.66. The highest BCUT2D eigenvalue weighted by Gasteiger charge is 2.28. The number of nitrogens with zero attached hydrogens (tertiary/aromatic N) is 3. The van der Waals surface area contributed by atoms with Gasteiger partial charge in [-0.1, -0.05) is 36.4 Å². The van der Waals surface area contributed by atoms with Gasteiger partial charge in [0.1, 0.15) is 0 Å². The summed E-state index contributed by atoms with van der Waals surface area (Å²) < 4.78 is 2.01. The van der Waals surface area contributed by atoms with Gasteiger partial charge in [-0.15, -0.1) is 0 Å². The molecule has 0 spiro atoms. The van der Waals surface area contributed by atoms with Crippen molar-refractivity contribution in [2.45, 2.75) is 38.2 Å². The van der Waals surface area contributed by atoms with Crippen LogP contribution in [0.2, 0.25) is 0 Å². The second kappa shape index (κ2) is 8.01. The lowest BCUT2D eigenvalue weighted by Crippen LogP contribution is -2.29. The molecule has 2 heterocycles. The number of aliphatic hydroxyl groups is 1. The molecule has 0 radical (unpaired) electrons. The van der Waals surface area contributed by atoms with Crippen LogP contribution in [0.5, 0.6) is 0 Å². The first-order valence-electron chi connectivity index (χ1n) is 11.1. The molecule has 7 nitrogen and oxygen atoms in total. The van der Waals surface area contributed by atoms with Gasteiger partial charge in [0.15, 0.2) is 11.5 Å². The lowest BCUT2D eigenvalue weighted by molar-refractivity contribution is 0.0943. The van der Waals surface area contributed by atoms with Crippen molar-refractivity contribution >= 4 is 17.4 Å². The van der Waals surface area contributed by atoms with Gasteiger partial charge < -0.3 is 16.2 Å². The molecule has 1 aliphatic carbocycles. The molecule has 2 aromatic carbocycles. The Bertz CT molecular complexity index is 1330. The summed E-state index contributed by atoms with van der Waals surface area (Å²) in [6.07, 6.45) is 5.94. The van der Waals surface area contributed by atoms with Gasteiger partial charge in [-0.3, -0.25) is 9.20 Å². The maximum Gasteiger partial charge on any atom is 0.248 e. The van der Waals surface area contributed by atoms with E-state index >= 15 is 0 Å². The first-order chi connectivity index (χ1) is 15.8. The van der Waals surface area contributed by atoms with Crippen molar-refractivity contribution < 1.29 is 9.90 Å². The summed E-state index contributed by atoms with van der Waals surface area (Å²) in [6, 6.07) is 15.7. The molecule has 0 bridgehead atoms. The molecule has 2 aromatic heterocycles. The molecule has 1 fully saturated rings. The molecule has 7 heteroatoms. The van der Waals surface area contributed by atoms with Crippen LogP contribution in [0.25, 0.3) is 28.2 Å². The number of hydrogen-bond donors (Lipinski definition) is 3. The predicted molar refractivity (Wildman–Crippen MR) is 129 cm³/mol. The minimum absolute atomic E-state index is 0.329. The van der Waals surface area contributed by atoms with Crippen LogP contribution >= 0.6 is 0 Å². The maximum absolute atomic E-state index is 11.9. The zero-order chi connectivity index (χ0) is 23.2. The number of carbonyl (C=O) groups is 1. The fourth-order valence-corrected chi connectivity index (χ4v) is 4.05. The lowest BCUT2D eigenvalue weighted by Gasteiger charge is -2.19. The van der Waals surface area contributed by atoms with Gasteiger partial charge in [-0.2, -0.15) is 0 Å². The first kappa shape index (κ1) is 21.2. The number of aromatic nitrogens is 3. The highest BCUT2D eigenvalue weighted by atomic mass is 16.3. The van der Waals surface area contributed by atoms with Crippen molar-refractivity contribution in [1.29, 1.82) is 0 Å². The average molecular weight is 442 g/mol. The van der Waals surface area contributed by atoms with Crippen LogP contribution < -0.4 is 11.1 Å². The minimum atomic E-state index is -0.902. The van der Waals surface area contributed by atoms with Crippen LogP contribution in [0.15, 0.2) is 60.9 Å². The van der Waals surface area contributed by atoms with Gasteiger partial charge >= 0.3 is 0 Å². The van der Waals surface area contributed by atoms with E-state index in [-0.39, 0.29) is 0 Å². The summed E-state index contributed by atoms with van der Waals surface area (Å²) in [6.45, 7) is 3.82. The van der Waals surface area contributed by atoms with Crippen molar-refractivity contribution in [2.24, 2.45) is 5.73 Å². The van der Waals surface area contributed by atoms with E-state index in [9.17, 15) is 9.90 Å². The third-order valence-corrected chi connectivity index (χ3v) is 5.88. The van der Waals surface area contributed by atoms with Gasteiger partial charge in [0.05, 0.1) is 23.2 Å². The highest BCUT2D eigenvalue weighted by Crippen LogP contribution is 2.43. The van der Waals surface area contributed by atoms with Crippen molar-refractivity contribution in [3.63, 3.8) is 0 Å². The molecule has 0 saturated heterocycles. The molecule has 168 valence electrons. The van der Waals surface area contributed by atoms with Gasteiger partial charge in [0.25, 0.3) is 0 Å². The van der Waals surface area contributed by atoms with Crippen LogP contribution in [0.1, 0.15) is 48.5 Å². The quantitative estimate of drug-likeness (QED) is 0.398. The Morgan fingerprint density at radius 1 is 1.18 bits per heavy atom. The number of nitrogens with two attached hydrogens (primary N) is 1. The van der Waals surface area contributed by atoms with E-state index in [4.69, 9.17) is 10.7 Å². The number of fused-ring (bicyclic) bond motifs is 1. The molecule has 4 aromatic rings. The Kier molecular flexibility index (Phi) is 5.13. The van der Waals surface area contributed by atoms with E-state index in [1.54, 1.807) is 13.8 Å². The summed E-state index contributed by atoms with van der Waals surface area (Å²) in [4.78, 5) is 21.4. The Hall–Kier alpha value is -3.71. The van der Waals surface area contributed by atoms with Gasteiger partial charge in [-0.25, -0.2) is 9.97 Å². The van der Waals surface area contributed by atoms with Crippen molar-refractivity contribution in [1.82, 2.24) is 14.4 Å². The summed E-state index contributed by atoms with van der Waals surface area (Å²) in [5.41, 5.74) is 10.6. The second-order valence-electron chi connectivity index (χ2n) is 9.28. The Morgan fingerprint density at radius 2 is 1.94 bits per heavy atom. The van der Waals surface area contributed by atoms with E-state index in [1.807, 2.05) is 59.3 Å². The van der Waals surface area contributed by atoms with Crippen LogP contribution in [0, 0.1) is 0 Å². The molecule has 0 atom stereocenters. The number of rotatable bonds is 7. The first-order valence-corrected chi connectivity index (χ1v) is 11.1. The largest absolute Gasteiger partial charge is 0.389 e. The van der Waals surface area contributed by atoms with E-state index in [2.05, 4.69) is 16.4 Å². The molecule has 1 amide bonds. The molecule has 5 rings (SSSR count). The molecular formula is C26H27N5O2. The number of imidazole rings is 1. The fraction of sp³-hybridized carbons (Fsp3) is 0.269. The third kappa shape index (κ3) is 4.32. The van der Waals surface area contributed by atoms with E-state index in [0.717, 1.165) is 40.9 Å². The van der Waals surface area contributed by atoms with Crippen LogP contribution in [0.3, 0.4) is 0 Å². The molecule has 0 unspecified atom stereocenters. The van der Waals surface area contributed by atoms with Crippen LogP contribution in [-0.2, 0) is 0 Å². The predicted octanol–water partition coefficient (Wildman–Crippen LogP) is 4.22. The van der Waals surface area contributed by atoms with Gasteiger partial charge in [0.2, 0.25) is 5.91 Å². The molecule has 1 saturated carbocycles. The minimum Gasteiger partial charge on any atom is -0.389 e. The number of hydrogen-bond acceptors (Lipinski definition) is 5. The number of carbonyl (C=O) groups excluding carboxylic acids is 1. The molecule has 4 N–H and O–H groups in total. The molecular weight excluding hydrogens is 414 g/mol. The average Bonchev–Trinajstić information content (AvgIpc) is 3.56. The standard InChI is InChI=1S/C26H27N5O2/c1-26(2,33)15-29-24-25-28-13-22(31(25)14-21(30-24)17-6-4-3-5-7-17)18-10-11-19(23(27)32)20(12-18)16-8-9-16/h3-7,10-14,16,33H,8-9,15H2,1-2H3,(H2,27,32)(H,29,30). The number of nitrogens with one attached hydrogen (secondary N) is 1. The normalized spacial score (nSPS) is 13.9. The lowest BCUT2D eigenvalue weighted by atomic mass is 9.98. The summed E-state index contributed by atoms with van der Waals surface area (Å²) in [5, 5.41) is 13.5. The van der Waals surface area contributed by atoms with Crippen molar-refractivity contribution in [2.75, 3.05) is 11.9 Å². The summed E-state index contributed by atoms with van der Waals surface area (Å²) in [7, 11) is 0. The number of amides is 1. The third-order valence-electron chi connectivity index (χ3n) is 5.88. The van der Waals surface area contributed by atoms with E-state index in [0.29, 0.717) is 29.5 Å². The molecule has 0 aliphatic heterocycles. The summed E-state index contributed by atoms with van der Waals surface area (Å²) >= 11 is 0. The second-order valence-corrected chi connectivity index (χ2v) is 9.28. The van der Waals surface area contributed by atoms with Gasteiger partial charge in [0, 0.05) is 29.4 Å². The highest BCUT2D eigenvalue weighted by molar-refractivity contribution is 5.95. The van der Waals surface area contributed by atoms with Crippen LogP contribution in [0.4, 0.5) is 5.82 Å². The van der Waals surface area contributed by atoms with Crippen LogP contribution in [-0.4, -0.2) is 37.5 Å². The smallest absolute Gasteiger partial charge is 0.248 e. The number of benzene rings is 2. The molecule has 1 aliphatic rings. The SMILES string of the molecule is CC(C)(O)CNc1nc(-c2ccccc2)cn2c(-c3ccc(C(N)=O)c(C4CC4)c3)cnc12. The Morgan fingerprint density at radius 3 is 2.61 bits per heavy atom. The maximum atomic E-state index is 11.9. The van der Waals surface area contributed by atoms with Crippen molar-refractivity contribution in [3.05, 3.63) is 72.1 Å². The number of primary amides is 1.